The van der Waals surface area contributed by atoms with Crippen molar-refractivity contribution in [1.29, 1.82) is 0 Å². The minimum atomic E-state index is -4.88. The molecule has 2 aromatic carbocycles. The van der Waals surface area contributed by atoms with E-state index in [4.69, 9.17) is 4.74 Å². The second-order valence-corrected chi connectivity index (χ2v) is 7.91. The van der Waals surface area contributed by atoms with E-state index in [1.807, 2.05) is 0 Å². The predicted molar refractivity (Wildman–Crippen MR) is 107 cm³/mol. The number of halogens is 6. The van der Waals surface area contributed by atoms with Crippen LogP contribution >= 0.6 is 0 Å². The molecule has 4 rings (SSSR count). The van der Waals surface area contributed by atoms with Gasteiger partial charge in [-0.1, -0.05) is 6.07 Å². The molecule has 1 aromatic heterocycles. The van der Waals surface area contributed by atoms with Gasteiger partial charge in [-0.25, -0.2) is 0 Å². The number of hydrogen-bond donors (Lipinski definition) is 2. The lowest BCUT2D eigenvalue weighted by molar-refractivity contribution is -0.137. The van der Waals surface area contributed by atoms with Crippen LogP contribution in [-0.2, 0) is 25.4 Å². The van der Waals surface area contributed by atoms with Crippen LogP contribution in [-0.4, -0.2) is 22.3 Å². The van der Waals surface area contributed by atoms with Crippen molar-refractivity contribution < 1.29 is 36.2 Å². The van der Waals surface area contributed by atoms with E-state index in [0.29, 0.717) is 18.3 Å². The van der Waals surface area contributed by atoms with Gasteiger partial charge in [0.2, 0.25) is 0 Å². The molecule has 2 heterocycles. The molecule has 0 aliphatic carbocycles. The van der Waals surface area contributed by atoms with Crippen molar-refractivity contribution in [2.45, 2.75) is 45.4 Å². The number of fused-ring (bicyclic) bond motifs is 3. The molecule has 4 nitrogen and oxygen atoms in total. The SMILES string of the molecule is CC(C)Oc1ccc(-c2cc(C(F)(F)F)c3c(O)n4c(c3c2)CNCC4)c(C(F)(F)F)c1. The first-order chi connectivity index (χ1) is 14.9. The molecule has 2 N–H and O–H groups in total. The average Bonchev–Trinajstić information content (AvgIpc) is 2.98. The topological polar surface area (TPSA) is 46.4 Å². The summed E-state index contributed by atoms with van der Waals surface area (Å²) in [5.74, 6) is -0.566. The molecule has 0 saturated carbocycles. The van der Waals surface area contributed by atoms with Crippen molar-refractivity contribution in [3.8, 4) is 22.8 Å². The standard InChI is InChI=1S/C22H20F6N2O2/c1-11(2)32-13-3-4-14(16(9-13)21(23,24)25)12-7-15-18-10-29-5-6-30(18)20(31)19(15)17(8-12)22(26,27)28/h3-4,7-9,11,29,31H,5-6,10H2,1-2H3. The van der Waals surface area contributed by atoms with E-state index in [1.165, 1.54) is 16.7 Å². The largest absolute Gasteiger partial charge is 0.494 e. The molecule has 32 heavy (non-hydrogen) atoms. The number of nitrogens with zero attached hydrogens (tertiary/aromatic N) is 1. The fraction of sp³-hybridized carbons (Fsp3) is 0.364. The fourth-order valence-corrected chi connectivity index (χ4v) is 4.08. The van der Waals surface area contributed by atoms with Gasteiger partial charge in [0.25, 0.3) is 0 Å². The third-order valence-electron chi connectivity index (χ3n) is 5.34. The molecule has 0 amide bonds. The van der Waals surface area contributed by atoms with Crippen LogP contribution in [0.25, 0.3) is 21.9 Å². The Hall–Kier alpha value is -2.88. The lowest BCUT2D eigenvalue weighted by Gasteiger charge is -2.18. The van der Waals surface area contributed by atoms with E-state index in [9.17, 15) is 31.4 Å². The number of benzene rings is 2. The first-order valence-corrected chi connectivity index (χ1v) is 9.92. The first kappa shape index (κ1) is 22.3. The van der Waals surface area contributed by atoms with Crippen LogP contribution in [0.3, 0.4) is 0 Å². The predicted octanol–water partition coefficient (Wildman–Crippen LogP) is 5.94. The van der Waals surface area contributed by atoms with Gasteiger partial charge in [0.1, 0.15) is 5.75 Å². The second-order valence-electron chi connectivity index (χ2n) is 7.91. The molecule has 1 aliphatic rings. The number of hydrogen-bond acceptors (Lipinski definition) is 3. The number of rotatable bonds is 3. The van der Waals surface area contributed by atoms with Gasteiger partial charge < -0.3 is 19.7 Å². The maximum absolute atomic E-state index is 13.9. The van der Waals surface area contributed by atoms with Gasteiger partial charge in [-0.3, -0.25) is 0 Å². The number of ether oxygens (including phenoxy) is 1. The Bertz CT molecular complexity index is 1180. The minimum Gasteiger partial charge on any atom is -0.494 e. The van der Waals surface area contributed by atoms with Gasteiger partial charge in [-0.15, -0.1) is 0 Å². The number of aromatic nitrogens is 1. The van der Waals surface area contributed by atoms with Crippen LogP contribution < -0.4 is 10.1 Å². The summed E-state index contributed by atoms with van der Waals surface area (Å²) in [7, 11) is 0. The molecular formula is C22H20F6N2O2. The van der Waals surface area contributed by atoms with Crippen molar-refractivity contribution in [3.05, 3.63) is 47.2 Å². The van der Waals surface area contributed by atoms with Gasteiger partial charge in [0.15, 0.2) is 5.88 Å². The van der Waals surface area contributed by atoms with Crippen LogP contribution in [0.4, 0.5) is 26.3 Å². The maximum Gasteiger partial charge on any atom is 0.417 e. The Balaban J connectivity index is 2.02. The molecule has 0 fully saturated rings. The lowest BCUT2D eigenvalue weighted by atomic mass is 9.94. The quantitative estimate of drug-likeness (QED) is 0.478. The molecule has 172 valence electrons. The third-order valence-corrected chi connectivity index (χ3v) is 5.34. The van der Waals surface area contributed by atoms with E-state index in [-0.39, 0.29) is 35.9 Å². The highest BCUT2D eigenvalue weighted by molar-refractivity contribution is 5.97. The molecule has 1 aliphatic heterocycles. The van der Waals surface area contributed by atoms with Crippen molar-refractivity contribution in [2.24, 2.45) is 0 Å². The summed E-state index contributed by atoms with van der Waals surface area (Å²) in [6.07, 6.45) is -10.1. The van der Waals surface area contributed by atoms with E-state index >= 15 is 0 Å². The van der Waals surface area contributed by atoms with Crippen molar-refractivity contribution in [3.63, 3.8) is 0 Å². The van der Waals surface area contributed by atoms with Crippen LogP contribution in [0.15, 0.2) is 30.3 Å². The summed E-state index contributed by atoms with van der Waals surface area (Å²) < 4.78 is 90.0. The van der Waals surface area contributed by atoms with Crippen molar-refractivity contribution in [1.82, 2.24) is 9.88 Å². The zero-order valence-corrected chi connectivity index (χ0v) is 17.2. The number of nitrogens with one attached hydrogen (secondary N) is 1. The molecule has 0 atom stereocenters. The highest BCUT2D eigenvalue weighted by Crippen LogP contribution is 2.46. The Morgan fingerprint density at radius 3 is 2.31 bits per heavy atom. The zero-order valence-electron chi connectivity index (χ0n) is 17.2. The van der Waals surface area contributed by atoms with Gasteiger partial charge in [0, 0.05) is 30.7 Å². The Morgan fingerprint density at radius 1 is 1.00 bits per heavy atom. The van der Waals surface area contributed by atoms with Gasteiger partial charge in [-0.2, -0.15) is 26.3 Å². The summed E-state index contributed by atoms with van der Waals surface area (Å²) in [6, 6.07) is 5.14. The second kappa shape index (κ2) is 7.61. The van der Waals surface area contributed by atoms with Gasteiger partial charge in [0.05, 0.1) is 22.6 Å². The smallest absolute Gasteiger partial charge is 0.417 e. The van der Waals surface area contributed by atoms with E-state index in [1.54, 1.807) is 13.8 Å². The van der Waals surface area contributed by atoms with Gasteiger partial charge in [-0.05, 0) is 49.2 Å². The van der Waals surface area contributed by atoms with Crippen molar-refractivity contribution in [2.75, 3.05) is 6.54 Å². The highest BCUT2D eigenvalue weighted by Gasteiger charge is 2.38. The highest BCUT2D eigenvalue weighted by atomic mass is 19.4. The Kier molecular flexibility index (Phi) is 5.31. The molecule has 10 heteroatoms. The zero-order chi connectivity index (χ0) is 23.4. The summed E-state index contributed by atoms with van der Waals surface area (Å²) >= 11 is 0. The van der Waals surface area contributed by atoms with Crippen LogP contribution in [0.5, 0.6) is 11.6 Å². The molecule has 0 spiro atoms. The molecule has 0 radical (unpaired) electrons. The molecular weight excluding hydrogens is 438 g/mol. The Labute approximate surface area is 179 Å². The molecule has 0 unspecified atom stereocenters. The normalized spacial score (nSPS) is 14.8. The summed E-state index contributed by atoms with van der Waals surface area (Å²) in [6.45, 7) is 4.19. The van der Waals surface area contributed by atoms with Gasteiger partial charge >= 0.3 is 12.4 Å². The molecule has 3 aromatic rings. The minimum absolute atomic E-state index is 0.0312. The van der Waals surface area contributed by atoms with Crippen molar-refractivity contribution >= 4 is 10.8 Å². The summed E-state index contributed by atoms with van der Waals surface area (Å²) in [5, 5.41) is 13.2. The summed E-state index contributed by atoms with van der Waals surface area (Å²) in [5.41, 5.74) is -2.53. The lowest BCUT2D eigenvalue weighted by Crippen LogP contribution is -2.27. The molecule has 0 saturated heterocycles. The molecule has 0 bridgehead atoms. The number of aromatic hydroxyl groups is 1. The summed E-state index contributed by atoms with van der Waals surface area (Å²) in [4.78, 5) is 0. The monoisotopic (exact) mass is 458 g/mol. The average molecular weight is 458 g/mol. The van der Waals surface area contributed by atoms with E-state index in [0.717, 1.165) is 12.1 Å². The van der Waals surface area contributed by atoms with Crippen LogP contribution in [0.1, 0.15) is 30.7 Å². The van der Waals surface area contributed by atoms with Crippen LogP contribution in [0, 0.1) is 0 Å². The fourth-order valence-electron chi connectivity index (χ4n) is 4.08. The maximum atomic E-state index is 13.9. The first-order valence-electron chi connectivity index (χ1n) is 9.92. The van der Waals surface area contributed by atoms with E-state index < -0.39 is 40.3 Å². The number of alkyl halides is 6. The Morgan fingerprint density at radius 2 is 1.69 bits per heavy atom. The van der Waals surface area contributed by atoms with E-state index in [2.05, 4.69) is 5.32 Å². The van der Waals surface area contributed by atoms with Crippen LogP contribution in [0.2, 0.25) is 0 Å². The third kappa shape index (κ3) is 3.87.